The van der Waals surface area contributed by atoms with E-state index in [1.165, 1.54) is 12.8 Å². The van der Waals surface area contributed by atoms with Crippen molar-refractivity contribution in [3.05, 3.63) is 11.4 Å². The second-order valence-electron chi connectivity index (χ2n) is 2.34. The maximum atomic E-state index is 5.64. The number of hydrogen-bond donors (Lipinski definition) is 1. The molecule has 1 aliphatic rings. The molecule has 0 spiro atoms. The smallest absolute Gasteiger partial charge is 0.0583 e. The topological polar surface area (TPSA) is 38.4 Å². The Kier molecular flexibility index (Phi) is 1.88. The van der Waals surface area contributed by atoms with Crippen molar-refractivity contribution in [3.63, 3.8) is 0 Å². The third-order valence-electron chi connectivity index (χ3n) is 1.67. The van der Waals surface area contributed by atoms with Crippen molar-refractivity contribution in [1.82, 2.24) is 0 Å². The van der Waals surface area contributed by atoms with Crippen LogP contribution < -0.4 is 5.73 Å². The molecule has 0 radical (unpaired) electrons. The van der Waals surface area contributed by atoms with E-state index < -0.39 is 0 Å². The molecular formula is C7H12N2. The van der Waals surface area contributed by atoms with Gasteiger partial charge in [-0.25, -0.2) is 0 Å². The van der Waals surface area contributed by atoms with Crippen molar-refractivity contribution in [2.45, 2.75) is 25.7 Å². The van der Waals surface area contributed by atoms with Gasteiger partial charge in [-0.2, -0.15) is 0 Å². The third kappa shape index (κ3) is 1.31. The first-order chi connectivity index (χ1) is 4.34. The van der Waals surface area contributed by atoms with Crippen molar-refractivity contribution in [1.29, 1.82) is 0 Å². The van der Waals surface area contributed by atoms with Crippen LogP contribution in [0.4, 0.5) is 0 Å². The maximum absolute atomic E-state index is 5.64. The van der Waals surface area contributed by atoms with Crippen LogP contribution in [0, 0.1) is 0 Å². The Labute approximate surface area is 55.5 Å². The number of rotatable bonds is 1. The van der Waals surface area contributed by atoms with E-state index in [1.54, 1.807) is 0 Å². The summed E-state index contributed by atoms with van der Waals surface area (Å²) in [5.41, 5.74) is 7.59. The van der Waals surface area contributed by atoms with E-state index in [4.69, 9.17) is 5.73 Å². The number of nitrogens with two attached hydrogens (primary N) is 1. The molecule has 2 heteroatoms. The first-order valence-corrected chi connectivity index (χ1v) is 3.29. The highest BCUT2D eigenvalue weighted by Gasteiger charge is 2.06. The second-order valence-corrected chi connectivity index (χ2v) is 2.34. The van der Waals surface area contributed by atoms with Gasteiger partial charge >= 0.3 is 0 Å². The lowest BCUT2D eigenvalue weighted by atomic mass is 10.0. The molecule has 9 heavy (non-hydrogen) atoms. The molecule has 0 atom stereocenters. The summed E-state index contributed by atoms with van der Waals surface area (Å²) in [6.45, 7) is 3.45. The summed E-state index contributed by atoms with van der Waals surface area (Å²) in [5, 5.41) is 0. The molecule has 0 aliphatic heterocycles. The molecule has 0 saturated carbocycles. The number of hydrogen-bond acceptors (Lipinski definition) is 2. The van der Waals surface area contributed by atoms with Crippen molar-refractivity contribution in [2.75, 3.05) is 0 Å². The summed E-state index contributed by atoms with van der Waals surface area (Å²) in [4.78, 5) is 3.83. The van der Waals surface area contributed by atoms with E-state index in [-0.39, 0.29) is 0 Å². The molecule has 50 valence electrons. The van der Waals surface area contributed by atoms with Gasteiger partial charge < -0.3 is 5.73 Å². The minimum absolute atomic E-state index is 0.941. The van der Waals surface area contributed by atoms with Crippen molar-refractivity contribution < 1.29 is 0 Å². The van der Waals surface area contributed by atoms with Crippen LogP contribution in [0.5, 0.6) is 0 Å². The van der Waals surface area contributed by atoms with E-state index in [2.05, 4.69) is 11.7 Å². The van der Waals surface area contributed by atoms with Crippen LogP contribution in [0.25, 0.3) is 0 Å². The fraction of sp³-hybridized carbons (Fsp3) is 0.571. The van der Waals surface area contributed by atoms with Crippen LogP contribution in [0.3, 0.4) is 0 Å². The van der Waals surface area contributed by atoms with Crippen LogP contribution in [-0.2, 0) is 0 Å². The fourth-order valence-electron chi connectivity index (χ4n) is 1.09. The molecule has 0 saturated heterocycles. The fourth-order valence-corrected chi connectivity index (χ4v) is 1.09. The monoisotopic (exact) mass is 124 g/mol. The first-order valence-electron chi connectivity index (χ1n) is 3.29. The summed E-state index contributed by atoms with van der Waals surface area (Å²) in [6, 6.07) is 0. The molecule has 1 rings (SSSR count). The summed E-state index contributed by atoms with van der Waals surface area (Å²) in [6.07, 6.45) is 4.46. The number of allylic oxidation sites excluding steroid dienone is 2. The van der Waals surface area contributed by atoms with Gasteiger partial charge in [-0.15, -0.1) is 0 Å². The van der Waals surface area contributed by atoms with Crippen LogP contribution in [0.2, 0.25) is 0 Å². The zero-order chi connectivity index (χ0) is 6.69. The molecule has 0 unspecified atom stereocenters. The van der Waals surface area contributed by atoms with Gasteiger partial charge in [-0.3, -0.25) is 4.99 Å². The molecule has 0 aromatic heterocycles. The molecule has 1 aliphatic carbocycles. The highest BCUT2D eigenvalue weighted by atomic mass is 14.8. The van der Waals surface area contributed by atoms with Crippen LogP contribution >= 0.6 is 0 Å². The standard InChI is InChI=1S/C7H12N2/c1-9-7-5-3-2-4-6(7)8/h1-5,8H2. The Morgan fingerprint density at radius 3 is 2.44 bits per heavy atom. The largest absolute Gasteiger partial charge is 0.401 e. The van der Waals surface area contributed by atoms with Crippen LogP contribution in [-0.4, -0.2) is 6.72 Å². The third-order valence-corrected chi connectivity index (χ3v) is 1.67. The maximum Gasteiger partial charge on any atom is 0.0583 e. The Morgan fingerprint density at radius 2 is 2.00 bits per heavy atom. The molecule has 0 amide bonds. The van der Waals surface area contributed by atoms with E-state index in [9.17, 15) is 0 Å². The lowest BCUT2D eigenvalue weighted by Gasteiger charge is -2.12. The van der Waals surface area contributed by atoms with E-state index in [1.807, 2.05) is 0 Å². The second kappa shape index (κ2) is 2.67. The minimum atomic E-state index is 0.941. The van der Waals surface area contributed by atoms with E-state index in [0.29, 0.717) is 0 Å². The molecule has 0 heterocycles. The van der Waals surface area contributed by atoms with Crippen molar-refractivity contribution >= 4 is 6.72 Å². The van der Waals surface area contributed by atoms with Gasteiger partial charge in [-0.05, 0) is 32.4 Å². The quantitative estimate of drug-likeness (QED) is 0.527. The summed E-state index contributed by atoms with van der Waals surface area (Å²) in [7, 11) is 0. The normalized spacial score (nSPS) is 20.0. The Bertz CT molecular complexity index is 147. The van der Waals surface area contributed by atoms with Gasteiger partial charge in [-0.1, -0.05) is 0 Å². The lowest BCUT2D eigenvalue weighted by molar-refractivity contribution is 0.662. The minimum Gasteiger partial charge on any atom is -0.401 e. The molecule has 0 aromatic carbocycles. The zero-order valence-corrected chi connectivity index (χ0v) is 5.56. The number of nitrogens with zero attached hydrogens (tertiary/aromatic N) is 1. The predicted octanol–water partition coefficient (Wildman–Crippen LogP) is 1.43. The van der Waals surface area contributed by atoms with E-state index in [0.717, 1.165) is 24.2 Å². The summed E-state index contributed by atoms with van der Waals surface area (Å²) < 4.78 is 0. The van der Waals surface area contributed by atoms with Gasteiger partial charge in [0.25, 0.3) is 0 Å². The molecule has 2 N–H and O–H groups in total. The van der Waals surface area contributed by atoms with Gasteiger partial charge in [0, 0.05) is 5.70 Å². The highest BCUT2D eigenvalue weighted by Crippen LogP contribution is 2.21. The van der Waals surface area contributed by atoms with Crippen molar-refractivity contribution in [2.24, 2.45) is 10.7 Å². The van der Waals surface area contributed by atoms with Crippen LogP contribution in [0.15, 0.2) is 16.4 Å². The van der Waals surface area contributed by atoms with Gasteiger partial charge in [0.1, 0.15) is 0 Å². The summed E-state index contributed by atoms with van der Waals surface area (Å²) >= 11 is 0. The number of aliphatic imine (C=N–C) groups is 1. The molecule has 2 nitrogen and oxygen atoms in total. The molecule has 0 bridgehead atoms. The zero-order valence-electron chi connectivity index (χ0n) is 5.56. The van der Waals surface area contributed by atoms with Gasteiger partial charge in [0.15, 0.2) is 0 Å². The van der Waals surface area contributed by atoms with Gasteiger partial charge in [0.2, 0.25) is 0 Å². The first kappa shape index (κ1) is 6.33. The van der Waals surface area contributed by atoms with Crippen LogP contribution in [0.1, 0.15) is 25.7 Å². The highest BCUT2D eigenvalue weighted by molar-refractivity contribution is 5.30. The molecular weight excluding hydrogens is 112 g/mol. The molecule has 0 aromatic rings. The SMILES string of the molecule is C=NC1=C(N)CCCC1. The Balaban J connectivity index is 2.70. The average Bonchev–Trinajstić information content (AvgIpc) is 1.89. The molecule has 0 fully saturated rings. The Hall–Kier alpha value is -0.790. The van der Waals surface area contributed by atoms with Crippen molar-refractivity contribution in [3.8, 4) is 0 Å². The average molecular weight is 124 g/mol. The summed E-state index contributed by atoms with van der Waals surface area (Å²) in [5.74, 6) is 0. The predicted molar refractivity (Wildman–Crippen MR) is 39.2 cm³/mol. The van der Waals surface area contributed by atoms with Gasteiger partial charge in [0.05, 0.1) is 5.70 Å². The Morgan fingerprint density at radius 1 is 1.33 bits per heavy atom. The van der Waals surface area contributed by atoms with E-state index >= 15 is 0 Å². The lowest BCUT2D eigenvalue weighted by Crippen LogP contribution is -2.05.